The van der Waals surface area contributed by atoms with E-state index in [0.717, 1.165) is 11.3 Å². The predicted octanol–water partition coefficient (Wildman–Crippen LogP) is 2.83. The van der Waals surface area contributed by atoms with Crippen LogP contribution in [0, 0.1) is 0 Å². The maximum absolute atomic E-state index is 9.92. The Morgan fingerprint density at radius 2 is 1.44 bits per heavy atom. The Hall–Kier alpha value is -1.80. The fourth-order valence-electron chi connectivity index (χ4n) is 1.56. The number of hydrogen-bond acceptors (Lipinski definition) is 2. The molecule has 0 bridgehead atoms. The van der Waals surface area contributed by atoms with E-state index < -0.39 is 6.10 Å². The van der Waals surface area contributed by atoms with Gasteiger partial charge in [-0.1, -0.05) is 48.5 Å². The zero-order chi connectivity index (χ0) is 11.2. The molecule has 0 aliphatic heterocycles. The predicted molar refractivity (Wildman–Crippen MR) is 66.3 cm³/mol. The molecule has 0 fully saturated rings. The first-order valence-corrected chi connectivity index (χ1v) is 5.38. The summed E-state index contributed by atoms with van der Waals surface area (Å²) in [5.41, 5.74) is 1.96. The first-order chi connectivity index (χ1) is 7.86. The minimum atomic E-state index is -0.471. The second kappa shape index (κ2) is 5.33. The summed E-state index contributed by atoms with van der Waals surface area (Å²) in [5.74, 6) is 0. The molecule has 2 aromatic rings. The van der Waals surface area contributed by atoms with E-state index in [1.807, 2.05) is 60.7 Å². The van der Waals surface area contributed by atoms with Crippen LogP contribution in [0.4, 0.5) is 5.69 Å². The molecular weight excluding hydrogens is 198 g/mol. The van der Waals surface area contributed by atoms with Crippen LogP contribution >= 0.6 is 0 Å². The van der Waals surface area contributed by atoms with Gasteiger partial charge >= 0.3 is 0 Å². The van der Waals surface area contributed by atoms with Crippen LogP contribution in [-0.4, -0.2) is 11.7 Å². The second-order valence-corrected chi connectivity index (χ2v) is 3.67. The van der Waals surface area contributed by atoms with Crippen molar-refractivity contribution in [2.75, 3.05) is 11.9 Å². The Kier molecular flexibility index (Phi) is 3.57. The highest BCUT2D eigenvalue weighted by molar-refractivity contribution is 5.42. The lowest BCUT2D eigenvalue weighted by Crippen LogP contribution is -2.11. The van der Waals surface area contributed by atoms with Gasteiger partial charge in [-0.3, -0.25) is 0 Å². The second-order valence-electron chi connectivity index (χ2n) is 3.67. The van der Waals surface area contributed by atoms with E-state index in [9.17, 15) is 5.11 Å². The molecule has 16 heavy (non-hydrogen) atoms. The zero-order valence-corrected chi connectivity index (χ0v) is 9.01. The number of rotatable bonds is 4. The number of benzene rings is 2. The lowest BCUT2D eigenvalue weighted by Gasteiger charge is -2.12. The summed E-state index contributed by atoms with van der Waals surface area (Å²) in [6, 6.07) is 19.5. The standard InChI is InChI=1S/C14H15NO/c16-14(12-7-3-1-4-8-12)11-15-13-9-5-2-6-10-13/h1-10,14-16H,11H2/t14-/m1/s1. The van der Waals surface area contributed by atoms with Crippen molar-refractivity contribution in [2.24, 2.45) is 0 Å². The van der Waals surface area contributed by atoms with Gasteiger partial charge in [0.2, 0.25) is 0 Å². The number of aliphatic hydroxyl groups is 1. The van der Waals surface area contributed by atoms with Gasteiger partial charge in [0.15, 0.2) is 0 Å². The quantitative estimate of drug-likeness (QED) is 0.818. The first-order valence-electron chi connectivity index (χ1n) is 5.38. The summed E-state index contributed by atoms with van der Waals surface area (Å²) in [5, 5.41) is 13.1. The maximum Gasteiger partial charge on any atom is 0.0962 e. The van der Waals surface area contributed by atoms with Gasteiger partial charge in [0, 0.05) is 12.2 Å². The molecule has 0 aliphatic carbocycles. The summed E-state index contributed by atoms with van der Waals surface area (Å²) in [7, 11) is 0. The Morgan fingerprint density at radius 3 is 2.06 bits per heavy atom. The molecule has 0 aliphatic rings. The summed E-state index contributed by atoms with van der Waals surface area (Å²) in [4.78, 5) is 0. The zero-order valence-electron chi connectivity index (χ0n) is 9.01. The summed E-state index contributed by atoms with van der Waals surface area (Å²) in [6.45, 7) is 0.522. The third-order valence-corrected chi connectivity index (χ3v) is 2.46. The van der Waals surface area contributed by atoms with Crippen LogP contribution in [-0.2, 0) is 0 Å². The third kappa shape index (κ3) is 2.84. The summed E-state index contributed by atoms with van der Waals surface area (Å²) >= 11 is 0. The molecule has 0 spiro atoms. The average Bonchev–Trinajstić information content (AvgIpc) is 2.38. The fraction of sp³-hybridized carbons (Fsp3) is 0.143. The van der Waals surface area contributed by atoms with E-state index in [-0.39, 0.29) is 0 Å². The number of hydrogen-bond donors (Lipinski definition) is 2. The van der Waals surface area contributed by atoms with Crippen molar-refractivity contribution >= 4 is 5.69 Å². The Morgan fingerprint density at radius 1 is 0.875 bits per heavy atom. The highest BCUT2D eigenvalue weighted by Crippen LogP contribution is 2.13. The van der Waals surface area contributed by atoms with Gasteiger partial charge in [-0.25, -0.2) is 0 Å². The van der Waals surface area contributed by atoms with Crippen LogP contribution in [0.5, 0.6) is 0 Å². The van der Waals surface area contributed by atoms with Crippen LogP contribution in [0.25, 0.3) is 0 Å². The molecule has 0 radical (unpaired) electrons. The molecule has 2 rings (SSSR count). The number of aliphatic hydroxyl groups excluding tert-OH is 1. The van der Waals surface area contributed by atoms with Crippen molar-refractivity contribution in [2.45, 2.75) is 6.10 Å². The van der Waals surface area contributed by atoms with Crippen molar-refractivity contribution < 1.29 is 5.11 Å². The maximum atomic E-state index is 9.92. The monoisotopic (exact) mass is 213 g/mol. The summed E-state index contributed by atoms with van der Waals surface area (Å²) < 4.78 is 0. The third-order valence-electron chi connectivity index (χ3n) is 2.46. The van der Waals surface area contributed by atoms with Gasteiger partial charge in [-0.05, 0) is 17.7 Å². The molecule has 0 heterocycles. The minimum Gasteiger partial charge on any atom is -0.387 e. The molecule has 0 amide bonds. The fourth-order valence-corrected chi connectivity index (χ4v) is 1.56. The van der Waals surface area contributed by atoms with Crippen LogP contribution < -0.4 is 5.32 Å². The van der Waals surface area contributed by atoms with E-state index in [1.54, 1.807) is 0 Å². The number of nitrogens with one attached hydrogen (secondary N) is 1. The van der Waals surface area contributed by atoms with Gasteiger partial charge in [-0.15, -0.1) is 0 Å². The van der Waals surface area contributed by atoms with Gasteiger partial charge < -0.3 is 10.4 Å². The van der Waals surface area contributed by atoms with Crippen LogP contribution in [0.2, 0.25) is 0 Å². The average molecular weight is 213 g/mol. The molecule has 1 atom stereocenters. The molecule has 0 unspecified atom stereocenters. The Balaban J connectivity index is 1.92. The number of para-hydroxylation sites is 1. The van der Waals surface area contributed by atoms with Crippen LogP contribution in [0.1, 0.15) is 11.7 Å². The molecule has 0 saturated carbocycles. The number of anilines is 1. The lowest BCUT2D eigenvalue weighted by atomic mass is 10.1. The van der Waals surface area contributed by atoms with Gasteiger partial charge in [-0.2, -0.15) is 0 Å². The van der Waals surface area contributed by atoms with E-state index in [0.29, 0.717) is 6.54 Å². The Bertz CT molecular complexity index is 413. The van der Waals surface area contributed by atoms with Crippen molar-refractivity contribution in [3.8, 4) is 0 Å². The molecule has 0 saturated heterocycles. The smallest absolute Gasteiger partial charge is 0.0962 e. The molecular formula is C14H15NO. The van der Waals surface area contributed by atoms with Crippen LogP contribution in [0.15, 0.2) is 60.7 Å². The normalized spacial score (nSPS) is 12.1. The highest BCUT2D eigenvalue weighted by atomic mass is 16.3. The van der Waals surface area contributed by atoms with E-state index in [1.165, 1.54) is 0 Å². The Labute approximate surface area is 95.6 Å². The van der Waals surface area contributed by atoms with Crippen molar-refractivity contribution in [1.29, 1.82) is 0 Å². The first kappa shape index (κ1) is 10.7. The van der Waals surface area contributed by atoms with Crippen molar-refractivity contribution in [1.82, 2.24) is 0 Å². The van der Waals surface area contributed by atoms with Gasteiger partial charge in [0.1, 0.15) is 0 Å². The van der Waals surface area contributed by atoms with E-state index in [4.69, 9.17) is 0 Å². The highest BCUT2D eigenvalue weighted by Gasteiger charge is 2.05. The molecule has 82 valence electrons. The van der Waals surface area contributed by atoms with Crippen molar-refractivity contribution in [3.05, 3.63) is 66.2 Å². The molecule has 0 aromatic heterocycles. The molecule has 2 nitrogen and oxygen atoms in total. The topological polar surface area (TPSA) is 32.3 Å². The van der Waals surface area contributed by atoms with Crippen LogP contribution in [0.3, 0.4) is 0 Å². The lowest BCUT2D eigenvalue weighted by molar-refractivity contribution is 0.191. The van der Waals surface area contributed by atoms with E-state index >= 15 is 0 Å². The largest absolute Gasteiger partial charge is 0.387 e. The molecule has 2 N–H and O–H groups in total. The molecule has 2 heteroatoms. The van der Waals surface area contributed by atoms with Gasteiger partial charge in [0.25, 0.3) is 0 Å². The molecule has 2 aromatic carbocycles. The summed E-state index contributed by atoms with van der Waals surface area (Å²) in [6.07, 6.45) is -0.471. The SMILES string of the molecule is O[C@H](CNc1ccccc1)c1ccccc1. The van der Waals surface area contributed by atoms with Crippen molar-refractivity contribution in [3.63, 3.8) is 0 Å². The van der Waals surface area contributed by atoms with Gasteiger partial charge in [0.05, 0.1) is 6.10 Å². The van der Waals surface area contributed by atoms with E-state index in [2.05, 4.69) is 5.32 Å². The minimum absolute atomic E-state index is 0.471.